The van der Waals surface area contributed by atoms with Crippen molar-refractivity contribution in [3.05, 3.63) is 0 Å². The average molecular weight is 548 g/mol. The summed E-state index contributed by atoms with van der Waals surface area (Å²) in [5.41, 5.74) is -0.118. The molecule has 0 radical (unpaired) electrons. The van der Waals surface area contributed by atoms with Crippen LogP contribution in [0.25, 0.3) is 0 Å². The molecule has 9 heteroatoms. The summed E-state index contributed by atoms with van der Waals surface area (Å²) in [4.78, 5) is 37.8. The van der Waals surface area contributed by atoms with Gasteiger partial charge >= 0.3 is 7.12 Å². The van der Waals surface area contributed by atoms with Gasteiger partial charge in [-0.25, -0.2) is 0 Å². The summed E-state index contributed by atoms with van der Waals surface area (Å²) in [5.74, 6) is 0.322. The quantitative estimate of drug-likeness (QED) is 0.194. The number of unbranched alkanes of at least 4 members (excludes halogenated alkanes) is 6. The minimum atomic E-state index is -0.855. The van der Waals surface area contributed by atoms with Crippen LogP contribution in [0.2, 0.25) is 0 Å². The third-order valence-electron chi connectivity index (χ3n) is 9.56. The smallest absolute Gasteiger partial charge is 0.404 e. The van der Waals surface area contributed by atoms with Crippen molar-refractivity contribution in [1.82, 2.24) is 16.0 Å². The molecule has 0 aromatic rings. The van der Waals surface area contributed by atoms with Crippen LogP contribution in [0.5, 0.6) is 0 Å². The number of hydrogen-bond donors (Lipinski definition) is 3. The molecule has 1 aliphatic heterocycles. The summed E-state index contributed by atoms with van der Waals surface area (Å²) in [7, 11) is -0.536. The molecule has 3 saturated carbocycles. The summed E-state index contributed by atoms with van der Waals surface area (Å²) >= 11 is 0. The van der Waals surface area contributed by atoms with E-state index in [4.69, 9.17) is 9.31 Å². The van der Waals surface area contributed by atoms with E-state index < -0.39 is 13.2 Å². The van der Waals surface area contributed by atoms with Gasteiger partial charge in [0.15, 0.2) is 0 Å². The second-order valence-electron chi connectivity index (χ2n) is 13.5. The molecule has 0 aromatic heterocycles. The Morgan fingerprint density at radius 3 is 2.26 bits per heavy atom. The predicted octanol–water partition coefficient (Wildman–Crippen LogP) is 4.55. The van der Waals surface area contributed by atoms with Crippen LogP contribution in [0.3, 0.4) is 0 Å². The molecule has 0 spiro atoms. The van der Waals surface area contributed by atoms with E-state index in [2.05, 4.69) is 57.5 Å². The Labute approximate surface area is 237 Å². The Morgan fingerprint density at radius 2 is 1.64 bits per heavy atom. The maximum Gasteiger partial charge on any atom is 0.481 e. The van der Waals surface area contributed by atoms with E-state index >= 15 is 0 Å². The molecule has 1 heterocycles. The number of carbonyl (C=O) groups excluding carboxylic acids is 3. The van der Waals surface area contributed by atoms with Crippen LogP contribution in [-0.2, 0) is 23.7 Å². The zero-order chi connectivity index (χ0) is 28.8. The van der Waals surface area contributed by atoms with Crippen LogP contribution in [0.1, 0.15) is 119 Å². The minimum Gasteiger partial charge on any atom is -0.404 e. The van der Waals surface area contributed by atoms with E-state index in [9.17, 15) is 14.4 Å². The van der Waals surface area contributed by atoms with Crippen molar-refractivity contribution in [2.45, 2.75) is 143 Å². The van der Waals surface area contributed by atoms with Crippen LogP contribution in [0, 0.1) is 23.2 Å². The van der Waals surface area contributed by atoms with Gasteiger partial charge in [0.2, 0.25) is 17.7 Å². The van der Waals surface area contributed by atoms with Crippen LogP contribution in [0.15, 0.2) is 0 Å². The molecule has 4 rings (SSSR count). The second-order valence-corrected chi connectivity index (χ2v) is 13.5. The number of rotatable bonds is 16. The van der Waals surface area contributed by atoms with Crippen LogP contribution in [0.4, 0.5) is 0 Å². The van der Waals surface area contributed by atoms with E-state index in [0.717, 1.165) is 25.7 Å². The second kappa shape index (κ2) is 13.8. The number of hydrogen-bond acceptors (Lipinski definition) is 5. The Balaban J connectivity index is 1.59. The van der Waals surface area contributed by atoms with Gasteiger partial charge in [0.25, 0.3) is 0 Å². The normalized spacial score (nSPS) is 28.3. The predicted molar refractivity (Wildman–Crippen MR) is 155 cm³/mol. The first-order chi connectivity index (χ1) is 18.4. The standard InChI is InChI=1S/C30H54BN3O5/c1-8-9-10-11-12-13-14-15-27(36)33-23(19-32-21(4)35)28(37)34-26(16-20(2)3)31-38-25-18-22-17-24(29(22,5)6)30(25,7)39-31/h20,22-26H,8-19H2,1-7H3,(H,32,35)(H,33,36)(H,34,37)/t22-,23-,24-,25+,26-,30-/m0/s1. The number of nitrogens with one attached hydrogen (secondary N) is 3. The number of carbonyl (C=O) groups is 3. The average Bonchev–Trinajstić information content (AvgIpc) is 3.22. The lowest BCUT2D eigenvalue weighted by Crippen LogP contribution is -2.65. The highest BCUT2D eigenvalue weighted by molar-refractivity contribution is 6.48. The molecule has 3 aliphatic carbocycles. The van der Waals surface area contributed by atoms with Crippen molar-refractivity contribution in [3.8, 4) is 0 Å². The summed E-state index contributed by atoms with van der Waals surface area (Å²) in [5, 5.41) is 8.71. The molecule has 3 N–H and O–H groups in total. The molecule has 6 atom stereocenters. The SMILES string of the molecule is CCCCCCCCCC(=O)N[C@@H](CNC(C)=O)C(=O)N[C@@H](CC(C)C)B1O[C@@H]2C[C@@H]3C[C@@H](C3(C)C)[C@]2(C)O1. The summed E-state index contributed by atoms with van der Waals surface area (Å²) in [6.45, 7) is 14.7. The highest BCUT2D eigenvalue weighted by atomic mass is 16.7. The first-order valence-electron chi connectivity index (χ1n) is 15.6. The lowest BCUT2D eigenvalue weighted by atomic mass is 9.43. The first kappa shape index (κ1) is 31.9. The van der Waals surface area contributed by atoms with Gasteiger partial charge in [-0.2, -0.15) is 0 Å². The Morgan fingerprint density at radius 1 is 0.974 bits per heavy atom. The van der Waals surface area contributed by atoms with Crippen molar-refractivity contribution < 1.29 is 23.7 Å². The first-order valence-corrected chi connectivity index (χ1v) is 15.6. The Kier molecular flexibility index (Phi) is 11.3. The van der Waals surface area contributed by atoms with Gasteiger partial charge < -0.3 is 25.3 Å². The zero-order valence-electron chi connectivity index (χ0n) is 25.6. The van der Waals surface area contributed by atoms with Gasteiger partial charge in [-0.3, -0.25) is 14.4 Å². The lowest BCUT2D eigenvalue weighted by Gasteiger charge is -2.64. The van der Waals surface area contributed by atoms with Gasteiger partial charge in [0, 0.05) is 19.9 Å². The summed E-state index contributed by atoms with van der Waals surface area (Å²) in [6, 6.07) is -0.855. The van der Waals surface area contributed by atoms with Crippen molar-refractivity contribution in [3.63, 3.8) is 0 Å². The van der Waals surface area contributed by atoms with E-state index in [1.54, 1.807) is 0 Å². The molecule has 222 valence electrons. The zero-order valence-corrected chi connectivity index (χ0v) is 25.6. The highest BCUT2D eigenvalue weighted by Crippen LogP contribution is 2.65. The van der Waals surface area contributed by atoms with Crippen molar-refractivity contribution >= 4 is 24.8 Å². The van der Waals surface area contributed by atoms with Crippen molar-refractivity contribution in [2.24, 2.45) is 23.2 Å². The summed E-state index contributed by atoms with van der Waals surface area (Å²) in [6.07, 6.45) is 11.1. The molecular weight excluding hydrogens is 493 g/mol. The fraction of sp³-hybridized carbons (Fsp3) is 0.900. The maximum absolute atomic E-state index is 13.5. The molecular formula is C30H54BN3O5. The molecule has 1 saturated heterocycles. The highest BCUT2D eigenvalue weighted by Gasteiger charge is 2.68. The van der Waals surface area contributed by atoms with Crippen LogP contribution < -0.4 is 16.0 Å². The van der Waals surface area contributed by atoms with Gasteiger partial charge in [0.05, 0.1) is 17.6 Å². The third-order valence-corrected chi connectivity index (χ3v) is 9.56. The molecule has 0 unspecified atom stereocenters. The Bertz CT molecular complexity index is 852. The lowest BCUT2D eigenvalue weighted by molar-refractivity contribution is -0.199. The van der Waals surface area contributed by atoms with Crippen molar-refractivity contribution in [2.75, 3.05) is 6.54 Å². The monoisotopic (exact) mass is 547 g/mol. The van der Waals surface area contributed by atoms with E-state index in [0.29, 0.717) is 30.6 Å². The summed E-state index contributed by atoms with van der Waals surface area (Å²) < 4.78 is 13.2. The molecule has 4 aliphatic rings. The van der Waals surface area contributed by atoms with Crippen molar-refractivity contribution in [1.29, 1.82) is 0 Å². The molecule has 8 nitrogen and oxygen atoms in total. The van der Waals surface area contributed by atoms with Gasteiger partial charge in [0.1, 0.15) is 6.04 Å². The van der Waals surface area contributed by atoms with Crippen LogP contribution in [-0.4, -0.2) is 55.1 Å². The van der Waals surface area contributed by atoms with Gasteiger partial charge in [-0.05, 0) is 55.8 Å². The topological polar surface area (TPSA) is 106 Å². The van der Waals surface area contributed by atoms with E-state index in [1.165, 1.54) is 39.0 Å². The largest absolute Gasteiger partial charge is 0.481 e. The fourth-order valence-corrected chi connectivity index (χ4v) is 7.06. The third kappa shape index (κ3) is 7.99. The van der Waals surface area contributed by atoms with Crippen LogP contribution >= 0.6 is 0 Å². The maximum atomic E-state index is 13.5. The minimum absolute atomic E-state index is 0.0303. The molecule has 3 amide bonds. The van der Waals surface area contributed by atoms with Gasteiger partial charge in [-0.1, -0.05) is 73.1 Å². The van der Waals surface area contributed by atoms with E-state index in [1.807, 2.05) is 0 Å². The molecule has 2 bridgehead atoms. The molecule has 0 aromatic carbocycles. The molecule has 39 heavy (non-hydrogen) atoms. The molecule has 4 fully saturated rings. The van der Waals surface area contributed by atoms with E-state index in [-0.39, 0.29) is 47.3 Å². The Hall–Kier alpha value is -1.61. The fourth-order valence-electron chi connectivity index (χ4n) is 7.06. The number of amides is 3. The van der Waals surface area contributed by atoms with Gasteiger partial charge in [-0.15, -0.1) is 0 Å².